The molecule has 2 heterocycles. The first-order chi connectivity index (χ1) is 10.5. The monoisotopic (exact) mass is 321 g/mol. The Hall–Kier alpha value is -1.17. The fraction of sp³-hybridized carbons (Fsp3) is 0.529. The lowest BCUT2D eigenvalue weighted by atomic mass is 10.0. The van der Waals surface area contributed by atoms with Crippen molar-refractivity contribution in [1.29, 1.82) is 0 Å². The van der Waals surface area contributed by atoms with Crippen LogP contribution in [0.1, 0.15) is 36.8 Å². The van der Waals surface area contributed by atoms with Gasteiger partial charge in [-0.2, -0.15) is 4.31 Å². The van der Waals surface area contributed by atoms with Crippen molar-refractivity contribution in [2.24, 2.45) is 0 Å². The number of rotatable bonds is 4. The summed E-state index contributed by atoms with van der Waals surface area (Å²) in [7, 11) is -1.65. The third-order valence-corrected chi connectivity index (χ3v) is 6.42. The minimum atomic E-state index is -3.36. The van der Waals surface area contributed by atoms with E-state index in [1.54, 1.807) is 17.5 Å². The summed E-state index contributed by atoms with van der Waals surface area (Å²) in [6, 6.07) is 8.04. The second-order valence-electron chi connectivity index (χ2n) is 6.30. The first kappa shape index (κ1) is 15.7. The SMILES string of the molecule is COC1CC2CCC(C1)N2S(=O)(=O)/C=C/c1ccc(C)cc1. The third kappa shape index (κ3) is 3.12. The Labute approximate surface area is 132 Å². The molecule has 2 fully saturated rings. The zero-order valence-electron chi connectivity index (χ0n) is 13.1. The molecule has 0 spiro atoms. The predicted molar refractivity (Wildman–Crippen MR) is 87.8 cm³/mol. The Morgan fingerprint density at radius 2 is 1.73 bits per heavy atom. The highest BCUT2D eigenvalue weighted by Gasteiger charge is 2.45. The zero-order chi connectivity index (χ0) is 15.7. The molecular formula is C17H23NO3S. The normalized spacial score (nSPS) is 29.3. The largest absolute Gasteiger partial charge is 0.381 e. The summed E-state index contributed by atoms with van der Waals surface area (Å²) in [6.45, 7) is 2.02. The Kier molecular flexibility index (Phi) is 4.39. The zero-order valence-corrected chi connectivity index (χ0v) is 13.9. The molecule has 2 saturated heterocycles. The molecule has 3 rings (SSSR count). The van der Waals surface area contributed by atoms with Gasteiger partial charge in [-0.1, -0.05) is 29.8 Å². The van der Waals surface area contributed by atoms with E-state index in [0.717, 1.165) is 31.2 Å². The van der Waals surface area contributed by atoms with Gasteiger partial charge in [0, 0.05) is 24.6 Å². The van der Waals surface area contributed by atoms with E-state index in [4.69, 9.17) is 4.74 Å². The highest BCUT2D eigenvalue weighted by molar-refractivity contribution is 7.92. The van der Waals surface area contributed by atoms with E-state index in [2.05, 4.69) is 0 Å². The van der Waals surface area contributed by atoms with Crippen LogP contribution >= 0.6 is 0 Å². The van der Waals surface area contributed by atoms with Crippen LogP contribution in [0.4, 0.5) is 0 Å². The van der Waals surface area contributed by atoms with Gasteiger partial charge in [-0.05, 0) is 44.2 Å². The number of nitrogens with zero attached hydrogens (tertiary/aromatic N) is 1. The van der Waals surface area contributed by atoms with Crippen LogP contribution in [-0.2, 0) is 14.8 Å². The van der Waals surface area contributed by atoms with Crippen molar-refractivity contribution in [2.75, 3.05) is 7.11 Å². The lowest BCUT2D eigenvalue weighted by Crippen LogP contribution is -2.47. The number of hydrogen-bond acceptors (Lipinski definition) is 3. The molecule has 4 nitrogen and oxygen atoms in total. The van der Waals surface area contributed by atoms with Gasteiger partial charge in [-0.15, -0.1) is 0 Å². The van der Waals surface area contributed by atoms with E-state index >= 15 is 0 Å². The number of aryl methyl sites for hydroxylation is 1. The first-order valence-electron chi connectivity index (χ1n) is 7.80. The molecular weight excluding hydrogens is 298 g/mol. The maximum Gasteiger partial charge on any atom is 0.236 e. The van der Waals surface area contributed by atoms with E-state index in [1.807, 2.05) is 31.2 Å². The van der Waals surface area contributed by atoms with E-state index < -0.39 is 10.0 Å². The lowest BCUT2D eigenvalue weighted by molar-refractivity contribution is 0.0353. The van der Waals surface area contributed by atoms with E-state index in [-0.39, 0.29) is 18.2 Å². The van der Waals surface area contributed by atoms with Crippen molar-refractivity contribution in [3.05, 3.63) is 40.8 Å². The summed E-state index contributed by atoms with van der Waals surface area (Å²) >= 11 is 0. The van der Waals surface area contributed by atoms with Gasteiger partial charge >= 0.3 is 0 Å². The number of ether oxygens (including phenoxy) is 1. The Balaban J connectivity index is 1.77. The van der Waals surface area contributed by atoms with Crippen LogP contribution in [0.15, 0.2) is 29.7 Å². The van der Waals surface area contributed by atoms with Gasteiger partial charge in [0.1, 0.15) is 0 Å². The van der Waals surface area contributed by atoms with Crippen molar-refractivity contribution < 1.29 is 13.2 Å². The second-order valence-corrected chi connectivity index (χ2v) is 8.03. The number of benzene rings is 1. The van der Waals surface area contributed by atoms with Crippen molar-refractivity contribution in [3.63, 3.8) is 0 Å². The number of piperidine rings is 1. The topological polar surface area (TPSA) is 46.6 Å². The van der Waals surface area contributed by atoms with Crippen molar-refractivity contribution in [1.82, 2.24) is 4.31 Å². The van der Waals surface area contributed by atoms with E-state index in [9.17, 15) is 8.42 Å². The molecule has 22 heavy (non-hydrogen) atoms. The second kappa shape index (κ2) is 6.14. The van der Waals surface area contributed by atoms with Crippen LogP contribution in [0.25, 0.3) is 6.08 Å². The maximum atomic E-state index is 12.7. The van der Waals surface area contributed by atoms with Crippen molar-refractivity contribution >= 4 is 16.1 Å². The molecule has 0 N–H and O–H groups in total. The Bertz CT molecular complexity index is 637. The number of hydrogen-bond donors (Lipinski definition) is 0. The molecule has 5 heteroatoms. The lowest BCUT2D eigenvalue weighted by Gasteiger charge is -2.36. The average molecular weight is 321 g/mol. The van der Waals surface area contributed by atoms with Crippen LogP contribution in [0.2, 0.25) is 0 Å². The molecule has 1 aromatic carbocycles. The predicted octanol–water partition coefficient (Wildman–Crippen LogP) is 2.94. The standard InChI is InChI=1S/C17H23NO3S/c1-13-3-5-14(6-4-13)9-10-22(19,20)18-15-7-8-16(18)12-17(11-15)21-2/h3-6,9-10,15-17H,7-8,11-12H2,1-2H3/b10-9+. The third-order valence-electron chi connectivity index (χ3n) is 4.76. The molecule has 2 bridgehead atoms. The minimum Gasteiger partial charge on any atom is -0.381 e. The van der Waals surface area contributed by atoms with E-state index in [0.29, 0.717) is 0 Å². The molecule has 120 valence electrons. The number of fused-ring (bicyclic) bond motifs is 2. The highest BCUT2D eigenvalue weighted by atomic mass is 32.2. The fourth-order valence-electron chi connectivity index (χ4n) is 3.60. The summed E-state index contributed by atoms with van der Waals surface area (Å²) in [4.78, 5) is 0. The molecule has 2 unspecified atom stereocenters. The van der Waals surface area contributed by atoms with Gasteiger partial charge < -0.3 is 4.74 Å². The van der Waals surface area contributed by atoms with Gasteiger partial charge in [-0.3, -0.25) is 0 Å². The first-order valence-corrected chi connectivity index (χ1v) is 9.31. The molecule has 0 radical (unpaired) electrons. The van der Waals surface area contributed by atoms with Crippen molar-refractivity contribution in [3.8, 4) is 0 Å². The van der Waals surface area contributed by atoms with Crippen molar-refractivity contribution in [2.45, 2.75) is 50.8 Å². The summed E-state index contributed by atoms with van der Waals surface area (Å²) < 4.78 is 32.5. The maximum absolute atomic E-state index is 12.7. The van der Waals surface area contributed by atoms with Gasteiger partial charge in [-0.25, -0.2) is 8.42 Å². The number of methoxy groups -OCH3 is 1. The molecule has 0 aliphatic carbocycles. The van der Waals surface area contributed by atoms with Crippen LogP contribution < -0.4 is 0 Å². The Morgan fingerprint density at radius 1 is 1.14 bits per heavy atom. The van der Waals surface area contributed by atoms with Crippen LogP contribution in [-0.4, -0.2) is 38.0 Å². The average Bonchev–Trinajstić information content (AvgIpc) is 2.79. The minimum absolute atomic E-state index is 0.0939. The molecule has 2 aliphatic rings. The van der Waals surface area contributed by atoms with E-state index in [1.165, 1.54) is 11.0 Å². The summed E-state index contributed by atoms with van der Waals surface area (Å²) in [5, 5.41) is 1.36. The molecule has 2 aliphatic heterocycles. The van der Waals surface area contributed by atoms with Crippen LogP contribution in [0, 0.1) is 6.92 Å². The van der Waals surface area contributed by atoms with Crippen LogP contribution in [0.3, 0.4) is 0 Å². The van der Waals surface area contributed by atoms with Crippen LogP contribution in [0.5, 0.6) is 0 Å². The molecule has 0 aromatic heterocycles. The fourth-order valence-corrected chi connectivity index (χ4v) is 5.29. The molecule has 2 atom stereocenters. The summed E-state index contributed by atoms with van der Waals surface area (Å²) in [5.41, 5.74) is 2.08. The molecule has 1 aromatic rings. The Morgan fingerprint density at radius 3 is 2.27 bits per heavy atom. The van der Waals surface area contributed by atoms with Gasteiger partial charge in [0.05, 0.1) is 6.10 Å². The smallest absolute Gasteiger partial charge is 0.236 e. The van der Waals surface area contributed by atoms with Gasteiger partial charge in [0.2, 0.25) is 10.0 Å². The molecule has 0 saturated carbocycles. The molecule has 0 amide bonds. The highest BCUT2D eigenvalue weighted by Crippen LogP contribution is 2.39. The van der Waals surface area contributed by atoms with Gasteiger partial charge in [0.25, 0.3) is 0 Å². The van der Waals surface area contributed by atoms with Gasteiger partial charge in [0.15, 0.2) is 0 Å². The summed E-state index contributed by atoms with van der Waals surface area (Å²) in [5.74, 6) is 0. The quantitative estimate of drug-likeness (QED) is 0.856. The summed E-state index contributed by atoms with van der Waals surface area (Å²) in [6.07, 6.45) is 5.40. The number of sulfonamides is 1.